The Hall–Kier alpha value is -1.28. The smallest absolute Gasteiger partial charge is 0.225 e. The molecule has 2 N–H and O–H groups in total. The number of aliphatic hydroxyl groups is 3. The van der Waals surface area contributed by atoms with Crippen LogP contribution in [0.4, 0.5) is 0 Å². The Bertz CT molecular complexity index is 813. The van der Waals surface area contributed by atoms with Gasteiger partial charge >= 0.3 is 0 Å². The predicted molar refractivity (Wildman–Crippen MR) is 110 cm³/mol. The van der Waals surface area contributed by atoms with Crippen LogP contribution in [0.15, 0.2) is 6.33 Å². The van der Waals surface area contributed by atoms with Crippen molar-refractivity contribution in [1.82, 2.24) is 14.9 Å². The molecule has 0 spiro atoms. The third-order valence-electron chi connectivity index (χ3n) is 6.70. The highest BCUT2D eigenvalue weighted by Crippen LogP contribution is 2.47. The van der Waals surface area contributed by atoms with Crippen molar-refractivity contribution in [3.8, 4) is 5.88 Å². The molecule has 152 valence electrons. The van der Waals surface area contributed by atoms with Gasteiger partial charge in [-0.1, -0.05) is 0 Å². The number of aromatic nitrogens is 2. The molecule has 2 fully saturated rings. The minimum Gasteiger partial charge on any atom is -0.474 e. The average molecular weight is 405 g/mol. The zero-order valence-corrected chi connectivity index (χ0v) is 17.2. The van der Waals surface area contributed by atoms with E-state index in [2.05, 4.69) is 19.6 Å². The van der Waals surface area contributed by atoms with Gasteiger partial charge in [-0.05, 0) is 56.4 Å². The van der Waals surface area contributed by atoms with Crippen molar-refractivity contribution in [3.63, 3.8) is 0 Å². The van der Waals surface area contributed by atoms with Crippen LogP contribution in [0, 0.1) is 0 Å². The van der Waals surface area contributed by atoms with Crippen molar-refractivity contribution in [2.75, 3.05) is 32.9 Å². The Balaban J connectivity index is 1.31. The molecule has 6 nitrogen and oxygen atoms in total. The zero-order valence-electron chi connectivity index (χ0n) is 16.3. The van der Waals surface area contributed by atoms with E-state index in [4.69, 9.17) is 4.74 Å². The molecule has 1 aliphatic heterocycles. The molecule has 2 aromatic heterocycles. The molecule has 1 saturated carbocycles. The highest BCUT2D eigenvalue weighted by molar-refractivity contribution is 7.19. The van der Waals surface area contributed by atoms with Gasteiger partial charge < -0.3 is 14.6 Å². The van der Waals surface area contributed by atoms with E-state index in [1.54, 1.807) is 17.7 Å². The van der Waals surface area contributed by atoms with Gasteiger partial charge in [-0.2, -0.15) is 0 Å². The number of aryl methyl sites for hydroxylation is 1. The molecule has 0 amide bonds. The third-order valence-corrected chi connectivity index (χ3v) is 7.88. The summed E-state index contributed by atoms with van der Waals surface area (Å²) < 4.78 is 10.9. The number of aliphatic hydroxyl groups excluding tert-OH is 1. The first kappa shape index (κ1) is 18.7. The molecule has 3 aliphatic rings. The Morgan fingerprint density at radius 3 is 2.75 bits per heavy atom. The summed E-state index contributed by atoms with van der Waals surface area (Å²) in [4.78, 5) is 14.1. The first-order valence-electron chi connectivity index (χ1n) is 10.7. The van der Waals surface area contributed by atoms with Crippen LogP contribution >= 0.6 is 11.3 Å². The van der Waals surface area contributed by atoms with E-state index in [1.165, 1.54) is 23.3 Å². The number of rotatable bonds is 5. The monoisotopic (exact) mass is 404 g/mol. The fourth-order valence-corrected chi connectivity index (χ4v) is 6.48. The van der Waals surface area contributed by atoms with E-state index in [0.717, 1.165) is 74.5 Å². The number of fused-ring (bicyclic) bond motifs is 3. The molecule has 2 aromatic rings. The second-order valence-corrected chi connectivity index (χ2v) is 9.38. The highest BCUT2D eigenvalue weighted by Gasteiger charge is 2.32. The van der Waals surface area contributed by atoms with Crippen molar-refractivity contribution in [1.29, 1.82) is 0 Å². The largest absolute Gasteiger partial charge is 0.474 e. The van der Waals surface area contributed by atoms with E-state index >= 15 is 0 Å². The lowest BCUT2D eigenvalue weighted by atomic mass is 9.91. The van der Waals surface area contributed by atoms with Gasteiger partial charge in [0.1, 0.15) is 17.3 Å². The second-order valence-electron chi connectivity index (χ2n) is 8.30. The Labute approximate surface area is 169 Å². The standard InChI is InChI=1S/C21H29N3O3S/c25-10-7-14-1-6-17-18(14)19-20(22-13-23-21(19)28-17)27-16-4-2-15(3-5-16)24-8-11-26-12-9-24/h13-16,25H,1-12H2/p+1/t14-,15?,16?/m1/s1. The summed E-state index contributed by atoms with van der Waals surface area (Å²) in [6, 6.07) is 0.695. The Kier molecular flexibility index (Phi) is 5.50. The van der Waals surface area contributed by atoms with Crippen LogP contribution < -0.4 is 4.74 Å². The molecular formula is C21H30N3O3S+. The molecule has 1 atom stereocenters. The number of morpholine rings is 1. The van der Waals surface area contributed by atoms with E-state index in [-0.39, 0.29) is 12.7 Å². The minimum absolute atomic E-state index is 0.235. The number of hydrogen-bond donors (Lipinski definition) is 1. The molecule has 0 radical (unpaired) electrons. The number of ether oxygens (including phenoxy) is 2. The van der Waals surface area contributed by atoms with Gasteiger partial charge in [-0.25, -0.2) is 9.97 Å². The van der Waals surface area contributed by atoms with Crippen LogP contribution in [0.3, 0.4) is 0 Å². The molecule has 1 saturated heterocycles. The lowest BCUT2D eigenvalue weighted by Gasteiger charge is -2.37. The second kappa shape index (κ2) is 8.22. The highest BCUT2D eigenvalue weighted by atomic mass is 32.1. The normalized spacial score (nSPS) is 28.5. The molecule has 0 unspecified atom stereocenters. The Morgan fingerprint density at radius 1 is 1.14 bits per heavy atom. The van der Waals surface area contributed by atoms with Crippen molar-refractivity contribution >= 4 is 21.6 Å². The molecule has 7 heteroatoms. The summed E-state index contributed by atoms with van der Waals surface area (Å²) >= 11 is 1.78. The molecular weight excluding hydrogens is 374 g/mol. The fraction of sp³-hybridized carbons (Fsp3) is 0.714. The lowest BCUT2D eigenvalue weighted by Crippen LogP contribution is -2.46. The van der Waals surface area contributed by atoms with Crippen LogP contribution in [0.2, 0.25) is 0 Å². The van der Waals surface area contributed by atoms with Crippen LogP contribution in [-0.2, 0) is 6.42 Å². The molecule has 28 heavy (non-hydrogen) atoms. The summed E-state index contributed by atoms with van der Waals surface area (Å²) in [5, 5.41) is 10.6. The minimum atomic E-state index is 0.235. The van der Waals surface area contributed by atoms with Crippen LogP contribution in [-0.4, -0.2) is 69.8 Å². The van der Waals surface area contributed by atoms with Gasteiger partial charge in [0.2, 0.25) is 5.88 Å². The summed E-state index contributed by atoms with van der Waals surface area (Å²) in [7, 11) is 0. The molecule has 0 aromatic carbocycles. The third kappa shape index (κ3) is 3.54. The zero-order chi connectivity index (χ0) is 18.9. The van der Waals surface area contributed by atoms with Crippen molar-refractivity contribution < 1.29 is 14.6 Å². The van der Waals surface area contributed by atoms with Gasteiger partial charge in [-0.15, -0.1) is 11.3 Å². The molecule has 0 bridgehead atoms. The maximum atomic E-state index is 9.46. The lowest BCUT2D eigenvalue weighted by molar-refractivity contribution is -0.104. The Morgan fingerprint density at radius 2 is 1.96 bits per heavy atom. The molecule has 2 aliphatic carbocycles. The average Bonchev–Trinajstić information content (AvgIpc) is 3.30. The summed E-state index contributed by atoms with van der Waals surface area (Å²) in [6.07, 6.45) is 9.52. The van der Waals surface area contributed by atoms with Crippen LogP contribution in [0.1, 0.15) is 54.9 Å². The predicted octanol–water partition coefficient (Wildman–Crippen LogP) is 2.64. The summed E-state index contributed by atoms with van der Waals surface area (Å²) in [5.41, 5.74) is 1.36. The molecule has 5 rings (SSSR count). The quantitative estimate of drug-likeness (QED) is 0.776. The maximum Gasteiger partial charge on any atom is 0.225 e. The van der Waals surface area contributed by atoms with Gasteiger partial charge in [0.05, 0.1) is 18.5 Å². The van der Waals surface area contributed by atoms with Gasteiger partial charge in [0, 0.05) is 17.5 Å². The summed E-state index contributed by atoms with van der Waals surface area (Å²) in [5.74, 6) is 1.19. The van der Waals surface area contributed by atoms with E-state index in [9.17, 15) is 5.11 Å². The number of nitrogens with zero attached hydrogens (tertiary/aromatic N) is 3. The first-order chi connectivity index (χ1) is 13.8. The van der Waals surface area contributed by atoms with Crippen molar-refractivity contribution in [3.05, 3.63) is 16.8 Å². The van der Waals surface area contributed by atoms with E-state index in [0.29, 0.717) is 12.0 Å². The maximum absolute atomic E-state index is 9.46. The fourth-order valence-electron chi connectivity index (χ4n) is 5.25. The van der Waals surface area contributed by atoms with Crippen molar-refractivity contribution in [2.24, 2.45) is 0 Å². The SMILES string of the molecule is OCC[C@H]1CCc2sc3ncnc(OC4CCC(N5CC[OH+]CC5)CC4)c3c21. The van der Waals surface area contributed by atoms with Crippen molar-refractivity contribution in [2.45, 2.75) is 63.0 Å². The first-order valence-corrected chi connectivity index (χ1v) is 11.6. The van der Waals surface area contributed by atoms with E-state index in [1.807, 2.05) is 0 Å². The molecule has 3 heterocycles. The van der Waals surface area contributed by atoms with Gasteiger partial charge in [0.15, 0.2) is 13.2 Å². The van der Waals surface area contributed by atoms with Crippen LogP contribution in [0.25, 0.3) is 10.2 Å². The number of thiophene rings is 1. The summed E-state index contributed by atoms with van der Waals surface area (Å²) in [6.45, 7) is 4.46. The van der Waals surface area contributed by atoms with Gasteiger partial charge in [-0.3, -0.25) is 4.90 Å². The van der Waals surface area contributed by atoms with Crippen LogP contribution in [0.5, 0.6) is 5.88 Å². The topological polar surface area (TPSA) is 71.3 Å². The number of hydrogen-bond acceptors (Lipinski definition) is 6. The van der Waals surface area contributed by atoms with E-state index < -0.39 is 0 Å². The van der Waals surface area contributed by atoms with Gasteiger partial charge in [0.25, 0.3) is 0 Å².